The minimum absolute atomic E-state index is 0.00362. The molecule has 200 valence electrons. The number of anilines is 1. The molecule has 1 atom stereocenters. The number of allylic oxidation sites excluding steroid dienone is 2. The van der Waals surface area contributed by atoms with Gasteiger partial charge >= 0.3 is 5.97 Å². The molecule has 0 saturated heterocycles. The van der Waals surface area contributed by atoms with E-state index in [0.29, 0.717) is 27.8 Å². The van der Waals surface area contributed by atoms with Crippen molar-refractivity contribution in [1.82, 2.24) is 0 Å². The summed E-state index contributed by atoms with van der Waals surface area (Å²) in [6.45, 7) is 5.22. The largest absolute Gasteiger partial charge is 0.483 e. The monoisotopic (exact) mass is 586 g/mol. The predicted octanol–water partition coefficient (Wildman–Crippen LogP) is 5.10. The molecule has 2 aliphatic rings. The Hall–Kier alpha value is -3.66. The first-order chi connectivity index (χ1) is 18.0. The van der Waals surface area contributed by atoms with Crippen molar-refractivity contribution in [3.8, 4) is 5.75 Å². The zero-order valence-corrected chi connectivity index (χ0v) is 22.8. The van der Waals surface area contributed by atoms with Gasteiger partial charge in [0.15, 0.2) is 12.4 Å². The molecule has 4 rings (SSSR count). The van der Waals surface area contributed by atoms with Crippen molar-refractivity contribution < 1.29 is 33.0 Å². The molecule has 8 nitrogen and oxygen atoms in total. The van der Waals surface area contributed by atoms with E-state index in [1.165, 1.54) is 12.1 Å². The van der Waals surface area contributed by atoms with Crippen molar-refractivity contribution in [2.45, 2.75) is 39.5 Å². The van der Waals surface area contributed by atoms with Gasteiger partial charge in [0.1, 0.15) is 22.9 Å². The van der Waals surface area contributed by atoms with Crippen LogP contribution < -0.4 is 15.8 Å². The van der Waals surface area contributed by atoms with Crippen LogP contribution in [-0.2, 0) is 23.9 Å². The highest BCUT2D eigenvalue weighted by molar-refractivity contribution is 9.10. The number of ether oxygens (including phenoxy) is 3. The molecule has 0 fully saturated rings. The Morgan fingerprint density at radius 2 is 1.95 bits per heavy atom. The Morgan fingerprint density at radius 3 is 2.66 bits per heavy atom. The van der Waals surface area contributed by atoms with Crippen LogP contribution in [0.15, 0.2) is 69.7 Å². The molecular formula is C28H28BrFN2O6. The molecule has 2 aromatic rings. The van der Waals surface area contributed by atoms with Gasteiger partial charge in [-0.2, -0.15) is 0 Å². The van der Waals surface area contributed by atoms with Gasteiger partial charge in [0.05, 0.1) is 18.2 Å². The highest BCUT2D eigenvalue weighted by atomic mass is 79.9. The van der Waals surface area contributed by atoms with Crippen LogP contribution >= 0.6 is 15.9 Å². The van der Waals surface area contributed by atoms with Crippen molar-refractivity contribution in [3.05, 3.63) is 81.1 Å². The SMILES string of the molecule is CCOC(=O)C1=C(N)OC2=C(C(=O)CC(C)(C)C2)C1c1ccccc1OCC(=O)Nc1ccc(Br)cc1F. The lowest BCUT2D eigenvalue weighted by Gasteiger charge is -2.38. The van der Waals surface area contributed by atoms with E-state index in [0.717, 1.165) is 0 Å². The average Bonchev–Trinajstić information content (AvgIpc) is 2.83. The number of carbonyl (C=O) groups excluding carboxylic acids is 3. The third kappa shape index (κ3) is 5.75. The minimum Gasteiger partial charge on any atom is -0.483 e. The van der Waals surface area contributed by atoms with Crippen LogP contribution in [-0.4, -0.2) is 30.9 Å². The number of Topliss-reactive ketones (excluding diaryl/α,β-unsaturated/α-hetero) is 1. The van der Waals surface area contributed by atoms with Gasteiger partial charge in [-0.3, -0.25) is 9.59 Å². The summed E-state index contributed by atoms with van der Waals surface area (Å²) in [6.07, 6.45) is 0.706. The molecule has 1 unspecified atom stereocenters. The van der Waals surface area contributed by atoms with Crippen molar-refractivity contribution in [2.24, 2.45) is 11.1 Å². The molecule has 1 aliphatic carbocycles. The highest BCUT2D eigenvalue weighted by Crippen LogP contribution is 2.49. The predicted molar refractivity (Wildman–Crippen MR) is 141 cm³/mol. The third-order valence-electron chi connectivity index (χ3n) is 6.24. The number of amides is 1. The lowest BCUT2D eigenvalue weighted by molar-refractivity contribution is -0.139. The maximum atomic E-state index is 14.2. The number of rotatable bonds is 7. The molecule has 2 aromatic carbocycles. The van der Waals surface area contributed by atoms with Gasteiger partial charge in [0.25, 0.3) is 5.91 Å². The Morgan fingerprint density at radius 1 is 1.21 bits per heavy atom. The molecular weight excluding hydrogens is 559 g/mol. The van der Waals surface area contributed by atoms with Gasteiger partial charge in [0.2, 0.25) is 5.88 Å². The van der Waals surface area contributed by atoms with Gasteiger partial charge in [-0.15, -0.1) is 0 Å². The summed E-state index contributed by atoms with van der Waals surface area (Å²) < 4.78 is 31.6. The smallest absolute Gasteiger partial charge is 0.340 e. The van der Waals surface area contributed by atoms with Crippen LogP contribution in [0.4, 0.5) is 10.1 Å². The topological polar surface area (TPSA) is 117 Å². The second kappa shape index (κ2) is 11.0. The second-order valence-corrected chi connectivity index (χ2v) is 10.7. The first kappa shape index (κ1) is 27.4. The van der Waals surface area contributed by atoms with Gasteiger partial charge in [-0.1, -0.05) is 48.0 Å². The molecule has 0 spiro atoms. The Kier molecular flexibility index (Phi) is 7.91. The Bertz CT molecular complexity index is 1370. The summed E-state index contributed by atoms with van der Waals surface area (Å²) in [5.74, 6) is -2.48. The van der Waals surface area contributed by atoms with Crippen LogP contribution in [0.5, 0.6) is 5.75 Å². The first-order valence-electron chi connectivity index (χ1n) is 12.1. The number of para-hydroxylation sites is 1. The fourth-order valence-corrected chi connectivity index (χ4v) is 5.01. The van der Waals surface area contributed by atoms with E-state index in [4.69, 9.17) is 19.9 Å². The maximum absolute atomic E-state index is 14.2. The molecule has 0 saturated carbocycles. The number of ketones is 1. The van der Waals surface area contributed by atoms with Gasteiger partial charge < -0.3 is 25.3 Å². The molecule has 38 heavy (non-hydrogen) atoms. The van der Waals surface area contributed by atoms with Crippen LogP contribution in [0.1, 0.15) is 45.1 Å². The zero-order valence-electron chi connectivity index (χ0n) is 21.2. The van der Waals surface area contributed by atoms with Crippen LogP contribution in [0, 0.1) is 11.2 Å². The van der Waals surface area contributed by atoms with Crippen LogP contribution in [0.25, 0.3) is 0 Å². The molecule has 3 N–H and O–H groups in total. The van der Waals surface area contributed by atoms with Crippen LogP contribution in [0.2, 0.25) is 0 Å². The van der Waals surface area contributed by atoms with Crippen molar-refractivity contribution in [1.29, 1.82) is 0 Å². The van der Waals surface area contributed by atoms with Crippen molar-refractivity contribution in [2.75, 3.05) is 18.5 Å². The average molecular weight is 587 g/mol. The summed E-state index contributed by atoms with van der Waals surface area (Å²) in [5, 5.41) is 2.47. The summed E-state index contributed by atoms with van der Waals surface area (Å²) in [5.41, 5.74) is 6.65. The second-order valence-electron chi connectivity index (χ2n) is 9.81. The van der Waals surface area contributed by atoms with E-state index >= 15 is 0 Å². The molecule has 0 aromatic heterocycles. The van der Waals surface area contributed by atoms with E-state index in [9.17, 15) is 18.8 Å². The molecule has 1 amide bonds. The number of benzene rings is 2. The lowest BCUT2D eigenvalue weighted by Crippen LogP contribution is -2.36. The fraction of sp³-hybridized carbons (Fsp3) is 0.321. The van der Waals surface area contributed by atoms with E-state index in [1.807, 2.05) is 13.8 Å². The number of hydrogen-bond donors (Lipinski definition) is 2. The normalized spacial score (nSPS) is 18.4. The minimum atomic E-state index is -0.912. The quantitative estimate of drug-likeness (QED) is 0.433. The molecule has 0 bridgehead atoms. The molecule has 1 aliphatic heterocycles. The fourth-order valence-electron chi connectivity index (χ4n) is 4.67. The Balaban J connectivity index is 1.68. The third-order valence-corrected chi connectivity index (χ3v) is 6.74. The number of esters is 1. The first-order valence-corrected chi connectivity index (χ1v) is 12.9. The van der Waals surface area contributed by atoms with Crippen molar-refractivity contribution in [3.63, 3.8) is 0 Å². The summed E-state index contributed by atoms with van der Waals surface area (Å²) >= 11 is 3.17. The van der Waals surface area contributed by atoms with Crippen molar-refractivity contribution >= 4 is 39.3 Å². The van der Waals surface area contributed by atoms with E-state index < -0.39 is 30.2 Å². The van der Waals surface area contributed by atoms with E-state index in [1.54, 1.807) is 37.3 Å². The molecule has 1 heterocycles. The number of hydrogen-bond acceptors (Lipinski definition) is 7. The van der Waals surface area contributed by atoms with Gasteiger partial charge in [0, 0.05) is 28.5 Å². The summed E-state index contributed by atoms with van der Waals surface area (Å²) in [6, 6.07) is 11.0. The molecule has 10 heteroatoms. The lowest BCUT2D eigenvalue weighted by atomic mass is 9.70. The number of nitrogens with one attached hydrogen (secondary N) is 1. The maximum Gasteiger partial charge on any atom is 0.340 e. The summed E-state index contributed by atoms with van der Waals surface area (Å²) in [4.78, 5) is 39.0. The van der Waals surface area contributed by atoms with Crippen LogP contribution in [0.3, 0.4) is 0 Å². The number of nitrogens with two attached hydrogens (primary N) is 1. The zero-order chi connectivity index (χ0) is 27.6. The van der Waals surface area contributed by atoms with E-state index in [-0.39, 0.29) is 47.1 Å². The number of halogens is 2. The van der Waals surface area contributed by atoms with E-state index in [2.05, 4.69) is 21.2 Å². The summed E-state index contributed by atoms with van der Waals surface area (Å²) in [7, 11) is 0. The standard InChI is InChI=1S/C28H28BrFN2O6/c1-4-36-27(35)25-23(24-19(33)12-28(2,3)13-21(24)38-26(25)31)16-7-5-6-8-20(16)37-14-22(34)32-18-10-9-15(29)11-17(18)30/h5-11,23H,4,12-14,31H2,1-3H3,(H,32,34). The van der Waals surface area contributed by atoms with Gasteiger partial charge in [-0.25, -0.2) is 9.18 Å². The van der Waals surface area contributed by atoms with Gasteiger partial charge in [-0.05, 0) is 36.6 Å². The molecule has 0 radical (unpaired) electrons. The Labute approximate surface area is 228 Å². The highest BCUT2D eigenvalue weighted by Gasteiger charge is 2.45. The number of carbonyl (C=O) groups is 3.